The molecule has 0 aromatic heterocycles. The van der Waals surface area contributed by atoms with Gasteiger partial charge in [-0.1, -0.05) is 6.92 Å². The van der Waals surface area contributed by atoms with Crippen LogP contribution in [0.2, 0.25) is 0 Å². The lowest BCUT2D eigenvalue weighted by atomic mass is 10.1. The molecule has 0 amide bonds. The normalized spacial score (nSPS) is 40.1. The number of rotatable bonds is 1. The molecule has 0 aromatic rings. The van der Waals surface area contributed by atoms with Gasteiger partial charge >= 0.3 is 5.97 Å². The first-order valence-corrected chi connectivity index (χ1v) is 3.19. The Hall–Kier alpha value is -0.530. The van der Waals surface area contributed by atoms with E-state index in [2.05, 4.69) is 11.7 Å². The second kappa shape index (κ2) is 1.72. The number of methoxy groups -OCH3 is 1. The van der Waals surface area contributed by atoms with Gasteiger partial charge in [-0.25, -0.2) is 0 Å². The van der Waals surface area contributed by atoms with E-state index in [-0.39, 0.29) is 11.4 Å². The van der Waals surface area contributed by atoms with Gasteiger partial charge in [-0.15, -0.1) is 0 Å². The van der Waals surface area contributed by atoms with Crippen molar-refractivity contribution in [2.45, 2.75) is 20.3 Å². The lowest BCUT2D eigenvalue weighted by Crippen LogP contribution is -2.14. The Balaban J connectivity index is 2.53. The molecule has 1 fully saturated rings. The molecule has 1 aliphatic carbocycles. The summed E-state index contributed by atoms with van der Waals surface area (Å²) in [4.78, 5) is 10.9. The van der Waals surface area contributed by atoms with Gasteiger partial charge in [-0.05, 0) is 19.3 Å². The first-order valence-electron chi connectivity index (χ1n) is 3.19. The maximum atomic E-state index is 10.9. The number of esters is 1. The van der Waals surface area contributed by atoms with E-state index < -0.39 is 0 Å². The fourth-order valence-electron chi connectivity index (χ4n) is 1.09. The fraction of sp³-hybridized carbons (Fsp3) is 0.857. The smallest absolute Gasteiger partial charge is 0.311 e. The Morgan fingerprint density at radius 3 is 2.33 bits per heavy atom. The summed E-state index contributed by atoms with van der Waals surface area (Å²) in [6, 6.07) is 0. The summed E-state index contributed by atoms with van der Waals surface area (Å²) in [6.07, 6.45) is 0.986. The van der Waals surface area contributed by atoms with Crippen LogP contribution in [0.3, 0.4) is 0 Å². The minimum absolute atomic E-state index is 0.0602. The summed E-state index contributed by atoms with van der Waals surface area (Å²) >= 11 is 0. The number of hydrogen-bond donors (Lipinski definition) is 0. The van der Waals surface area contributed by atoms with Crippen LogP contribution >= 0.6 is 0 Å². The average molecular weight is 128 g/mol. The van der Waals surface area contributed by atoms with Crippen molar-refractivity contribution in [2.75, 3.05) is 7.11 Å². The Bertz CT molecular complexity index is 142. The fourth-order valence-corrected chi connectivity index (χ4v) is 1.09. The Kier molecular flexibility index (Phi) is 1.26. The van der Waals surface area contributed by atoms with Crippen LogP contribution in [-0.4, -0.2) is 13.1 Å². The average Bonchev–Trinajstić information content (AvgIpc) is 2.41. The minimum atomic E-state index is -0.144. The molecule has 1 rings (SSSR count). The van der Waals surface area contributed by atoms with Crippen molar-refractivity contribution >= 4 is 5.97 Å². The zero-order chi connectivity index (χ0) is 7.07. The molecule has 0 aromatic carbocycles. The largest absolute Gasteiger partial charge is 0.469 e. The first kappa shape index (κ1) is 6.59. The number of hydrogen-bond acceptors (Lipinski definition) is 2. The summed E-state index contributed by atoms with van der Waals surface area (Å²) in [6.45, 7) is 4.01. The van der Waals surface area contributed by atoms with E-state index in [1.807, 2.05) is 6.92 Å². The van der Waals surface area contributed by atoms with Gasteiger partial charge in [0.1, 0.15) is 0 Å². The molecule has 0 spiro atoms. The molecular weight excluding hydrogens is 116 g/mol. The summed E-state index contributed by atoms with van der Waals surface area (Å²) < 4.78 is 4.61. The molecule has 52 valence electrons. The van der Waals surface area contributed by atoms with Crippen LogP contribution in [-0.2, 0) is 9.53 Å². The maximum Gasteiger partial charge on any atom is 0.311 e. The van der Waals surface area contributed by atoms with Gasteiger partial charge in [0.25, 0.3) is 0 Å². The van der Waals surface area contributed by atoms with Crippen molar-refractivity contribution in [1.29, 1.82) is 0 Å². The molecule has 2 atom stereocenters. The third kappa shape index (κ3) is 0.824. The highest BCUT2D eigenvalue weighted by molar-refractivity contribution is 5.79. The van der Waals surface area contributed by atoms with E-state index in [0.29, 0.717) is 5.92 Å². The molecule has 0 radical (unpaired) electrons. The molecule has 0 saturated heterocycles. The van der Waals surface area contributed by atoms with Crippen LogP contribution in [0, 0.1) is 11.3 Å². The molecule has 9 heavy (non-hydrogen) atoms. The SMILES string of the molecule is COC(=O)[C@@]1(C)C[C@H]1C. The number of ether oxygens (including phenoxy) is 1. The van der Waals surface area contributed by atoms with Crippen molar-refractivity contribution in [3.05, 3.63) is 0 Å². The molecule has 0 bridgehead atoms. The third-order valence-corrected chi connectivity index (χ3v) is 2.31. The van der Waals surface area contributed by atoms with Gasteiger partial charge in [0.15, 0.2) is 0 Å². The summed E-state index contributed by atoms with van der Waals surface area (Å²) in [5, 5.41) is 0. The van der Waals surface area contributed by atoms with Crippen LogP contribution in [0.25, 0.3) is 0 Å². The van der Waals surface area contributed by atoms with E-state index in [1.54, 1.807) is 0 Å². The lowest BCUT2D eigenvalue weighted by molar-refractivity contribution is -0.146. The number of carbonyl (C=O) groups excluding carboxylic acids is 1. The van der Waals surface area contributed by atoms with Crippen LogP contribution in [0.5, 0.6) is 0 Å². The Morgan fingerprint density at radius 1 is 1.78 bits per heavy atom. The van der Waals surface area contributed by atoms with Crippen LogP contribution < -0.4 is 0 Å². The molecule has 0 unspecified atom stereocenters. The lowest BCUT2D eigenvalue weighted by Gasteiger charge is -2.04. The molecule has 0 N–H and O–H groups in total. The minimum Gasteiger partial charge on any atom is -0.469 e. The van der Waals surface area contributed by atoms with Crippen LogP contribution in [0.15, 0.2) is 0 Å². The maximum absolute atomic E-state index is 10.9. The first-order chi connectivity index (χ1) is 4.11. The van der Waals surface area contributed by atoms with E-state index in [4.69, 9.17) is 0 Å². The number of carbonyl (C=O) groups is 1. The Labute approximate surface area is 55.2 Å². The second-order valence-corrected chi connectivity index (χ2v) is 3.01. The van der Waals surface area contributed by atoms with Gasteiger partial charge in [0.05, 0.1) is 12.5 Å². The van der Waals surface area contributed by atoms with Gasteiger partial charge < -0.3 is 4.74 Å². The van der Waals surface area contributed by atoms with Crippen LogP contribution in [0.4, 0.5) is 0 Å². The molecule has 0 heterocycles. The zero-order valence-electron chi connectivity index (χ0n) is 6.10. The van der Waals surface area contributed by atoms with Crippen LogP contribution in [0.1, 0.15) is 20.3 Å². The topological polar surface area (TPSA) is 26.3 Å². The van der Waals surface area contributed by atoms with Gasteiger partial charge in [0.2, 0.25) is 0 Å². The summed E-state index contributed by atoms with van der Waals surface area (Å²) in [5.41, 5.74) is -0.144. The Morgan fingerprint density at radius 2 is 2.22 bits per heavy atom. The van der Waals surface area contributed by atoms with Crippen molar-refractivity contribution in [1.82, 2.24) is 0 Å². The standard InChI is InChI=1S/C7H12O2/c1-5-4-7(5,2)6(8)9-3/h5H,4H2,1-3H3/t5-,7+/m1/s1. The molecule has 1 saturated carbocycles. The molecule has 2 heteroatoms. The van der Waals surface area contributed by atoms with Gasteiger partial charge in [-0.3, -0.25) is 4.79 Å². The van der Waals surface area contributed by atoms with Crippen molar-refractivity contribution < 1.29 is 9.53 Å². The third-order valence-electron chi connectivity index (χ3n) is 2.31. The highest BCUT2D eigenvalue weighted by atomic mass is 16.5. The zero-order valence-corrected chi connectivity index (χ0v) is 6.10. The molecule has 0 aliphatic heterocycles. The van der Waals surface area contributed by atoms with Crippen molar-refractivity contribution in [3.8, 4) is 0 Å². The van der Waals surface area contributed by atoms with E-state index in [9.17, 15) is 4.79 Å². The van der Waals surface area contributed by atoms with Crippen molar-refractivity contribution in [2.24, 2.45) is 11.3 Å². The highest BCUT2D eigenvalue weighted by Gasteiger charge is 2.54. The summed E-state index contributed by atoms with van der Waals surface area (Å²) in [5.74, 6) is 0.458. The molecular formula is C7H12O2. The van der Waals surface area contributed by atoms with Crippen molar-refractivity contribution in [3.63, 3.8) is 0 Å². The molecule has 1 aliphatic rings. The predicted molar refractivity (Wildman–Crippen MR) is 33.9 cm³/mol. The quantitative estimate of drug-likeness (QED) is 0.496. The van der Waals surface area contributed by atoms with E-state index in [0.717, 1.165) is 6.42 Å². The molecule has 2 nitrogen and oxygen atoms in total. The predicted octanol–water partition coefficient (Wildman–Crippen LogP) is 1.21. The monoisotopic (exact) mass is 128 g/mol. The highest BCUT2D eigenvalue weighted by Crippen LogP contribution is 2.52. The van der Waals surface area contributed by atoms with Gasteiger partial charge in [0, 0.05) is 0 Å². The summed E-state index contributed by atoms with van der Waals surface area (Å²) in [7, 11) is 1.44. The van der Waals surface area contributed by atoms with Gasteiger partial charge in [-0.2, -0.15) is 0 Å². The van der Waals surface area contributed by atoms with E-state index in [1.165, 1.54) is 7.11 Å². The second-order valence-electron chi connectivity index (χ2n) is 3.01. The van der Waals surface area contributed by atoms with E-state index >= 15 is 0 Å².